The first-order valence-corrected chi connectivity index (χ1v) is 9.17. The van der Waals surface area contributed by atoms with Crippen LogP contribution >= 0.6 is 0 Å². The Morgan fingerprint density at radius 3 is 2.77 bits per heavy atom. The number of nitriles is 1. The van der Waals surface area contributed by atoms with E-state index in [1.165, 1.54) is 0 Å². The van der Waals surface area contributed by atoms with Crippen molar-refractivity contribution in [3.63, 3.8) is 0 Å². The molecule has 0 bridgehead atoms. The lowest BCUT2D eigenvalue weighted by Gasteiger charge is -2.46. The molecule has 0 fully saturated rings. The van der Waals surface area contributed by atoms with Crippen molar-refractivity contribution < 1.29 is 4.79 Å². The Hall–Kier alpha value is -2.80. The van der Waals surface area contributed by atoms with Gasteiger partial charge < -0.3 is 0 Å². The van der Waals surface area contributed by atoms with Crippen LogP contribution in [0, 0.1) is 23.2 Å². The second kappa shape index (κ2) is 6.17. The number of carbonyl (C=O) groups is 1. The van der Waals surface area contributed by atoms with Crippen LogP contribution in [0.4, 0.5) is 0 Å². The van der Waals surface area contributed by atoms with Gasteiger partial charge in [-0.3, -0.25) is 4.79 Å². The van der Waals surface area contributed by atoms with Gasteiger partial charge in [0.25, 0.3) is 0 Å². The SMILES string of the molecule is CC[C@@H]1C(=O)C(C#N)=C[C@]2(C)c3nc(-c4ccccc4)ncc3CC[C@@H]12. The Bertz CT molecular complexity index is 942. The zero-order valence-electron chi connectivity index (χ0n) is 15.1. The summed E-state index contributed by atoms with van der Waals surface area (Å²) < 4.78 is 0. The summed E-state index contributed by atoms with van der Waals surface area (Å²) in [6, 6.07) is 12.0. The molecule has 0 N–H and O–H groups in total. The summed E-state index contributed by atoms with van der Waals surface area (Å²) in [6.07, 6.45) is 6.35. The van der Waals surface area contributed by atoms with Gasteiger partial charge in [-0.1, -0.05) is 50.3 Å². The van der Waals surface area contributed by atoms with E-state index in [1.54, 1.807) is 0 Å². The fraction of sp³-hybridized carbons (Fsp3) is 0.364. The van der Waals surface area contributed by atoms with Crippen LogP contribution in [0.1, 0.15) is 37.9 Å². The lowest BCUT2D eigenvalue weighted by molar-refractivity contribution is -0.122. The fourth-order valence-electron chi connectivity index (χ4n) is 4.67. The van der Waals surface area contributed by atoms with Gasteiger partial charge in [-0.25, -0.2) is 9.97 Å². The maximum atomic E-state index is 12.7. The molecule has 130 valence electrons. The quantitative estimate of drug-likeness (QED) is 0.826. The van der Waals surface area contributed by atoms with Crippen molar-refractivity contribution >= 4 is 5.78 Å². The lowest BCUT2D eigenvalue weighted by Crippen LogP contribution is -2.46. The molecule has 0 spiro atoms. The molecule has 4 heteroatoms. The largest absolute Gasteiger partial charge is 0.293 e. The standard InChI is InChI=1S/C22H21N3O/c1-3-17-18-10-9-15-13-24-21(14-7-5-4-6-8-14)25-20(15)22(18,2)11-16(12-23)19(17)26/h4-8,11,13,17-18H,3,9-10H2,1-2H3/t17-,18-,22-/m0/s1. The third kappa shape index (κ3) is 2.39. The summed E-state index contributed by atoms with van der Waals surface area (Å²) in [6.45, 7) is 4.16. The van der Waals surface area contributed by atoms with Crippen molar-refractivity contribution in [3.05, 3.63) is 59.4 Å². The summed E-state index contributed by atoms with van der Waals surface area (Å²) in [5.74, 6) is 0.771. The Morgan fingerprint density at radius 1 is 1.31 bits per heavy atom. The molecule has 3 atom stereocenters. The zero-order chi connectivity index (χ0) is 18.3. The summed E-state index contributed by atoms with van der Waals surface area (Å²) >= 11 is 0. The number of nitrogens with zero attached hydrogens (tertiary/aromatic N) is 3. The Morgan fingerprint density at radius 2 is 2.08 bits per heavy atom. The molecule has 0 saturated heterocycles. The van der Waals surface area contributed by atoms with Gasteiger partial charge in [0, 0.05) is 23.1 Å². The lowest BCUT2D eigenvalue weighted by atomic mass is 9.57. The number of Topliss-reactive ketones (excluding diaryl/α,β-unsaturated/α-hetero) is 1. The van der Waals surface area contributed by atoms with Crippen LogP contribution in [0.15, 0.2) is 48.2 Å². The second-order valence-electron chi connectivity index (χ2n) is 7.41. The highest BCUT2D eigenvalue weighted by Gasteiger charge is 2.49. The maximum Gasteiger partial charge on any atom is 0.176 e. The van der Waals surface area contributed by atoms with E-state index >= 15 is 0 Å². The third-order valence-electron chi connectivity index (χ3n) is 5.99. The number of allylic oxidation sites excluding steroid dienone is 2. The average molecular weight is 343 g/mol. The molecule has 0 radical (unpaired) electrons. The van der Waals surface area contributed by atoms with E-state index in [1.807, 2.05) is 49.5 Å². The van der Waals surface area contributed by atoms with Gasteiger partial charge in [-0.15, -0.1) is 0 Å². The van der Waals surface area contributed by atoms with Gasteiger partial charge in [0.05, 0.1) is 11.3 Å². The fourth-order valence-corrected chi connectivity index (χ4v) is 4.67. The number of fused-ring (bicyclic) bond motifs is 3. The third-order valence-corrected chi connectivity index (χ3v) is 5.99. The molecule has 2 aromatic rings. The highest BCUT2D eigenvalue weighted by atomic mass is 16.1. The molecule has 4 nitrogen and oxygen atoms in total. The van der Waals surface area contributed by atoms with Crippen LogP contribution in [0.3, 0.4) is 0 Å². The number of aromatic nitrogens is 2. The molecule has 0 aliphatic heterocycles. The molecule has 2 aliphatic rings. The molecular formula is C22H21N3O. The zero-order valence-corrected chi connectivity index (χ0v) is 15.1. The van der Waals surface area contributed by atoms with Crippen LogP contribution in [0.2, 0.25) is 0 Å². The Kier molecular flexibility index (Phi) is 3.96. The first kappa shape index (κ1) is 16.7. The first-order valence-electron chi connectivity index (χ1n) is 9.17. The number of aryl methyl sites for hydroxylation is 1. The number of benzene rings is 1. The van der Waals surface area contributed by atoms with Crippen molar-refractivity contribution in [3.8, 4) is 17.5 Å². The molecule has 0 amide bonds. The van der Waals surface area contributed by atoms with Crippen LogP contribution < -0.4 is 0 Å². The van der Waals surface area contributed by atoms with E-state index in [0.29, 0.717) is 5.82 Å². The van der Waals surface area contributed by atoms with E-state index in [9.17, 15) is 10.1 Å². The van der Waals surface area contributed by atoms with Gasteiger partial charge in [-0.05, 0) is 30.7 Å². The second-order valence-corrected chi connectivity index (χ2v) is 7.41. The highest BCUT2D eigenvalue weighted by Crippen LogP contribution is 2.50. The number of carbonyl (C=O) groups excluding carboxylic acids is 1. The van der Waals surface area contributed by atoms with Gasteiger partial charge >= 0.3 is 0 Å². The molecule has 2 aliphatic carbocycles. The van der Waals surface area contributed by atoms with Crippen molar-refractivity contribution in [2.24, 2.45) is 11.8 Å². The van der Waals surface area contributed by atoms with Crippen molar-refractivity contribution in [2.75, 3.05) is 0 Å². The van der Waals surface area contributed by atoms with Crippen LogP contribution in [-0.2, 0) is 16.6 Å². The molecule has 0 saturated carbocycles. The van der Waals surface area contributed by atoms with Crippen molar-refractivity contribution in [1.29, 1.82) is 5.26 Å². The predicted octanol–water partition coefficient (Wildman–Crippen LogP) is 4.02. The minimum absolute atomic E-state index is 0.00161. The van der Waals surface area contributed by atoms with Gasteiger partial charge in [0.15, 0.2) is 11.6 Å². The van der Waals surface area contributed by atoms with E-state index in [4.69, 9.17) is 4.98 Å². The smallest absolute Gasteiger partial charge is 0.176 e. The van der Waals surface area contributed by atoms with Crippen LogP contribution in [0.25, 0.3) is 11.4 Å². The monoisotopic (exact) mass is 343 g/mol. The average Bonchev–Trinajstić information content (AvgIpc) is 2.68. The number of ketones is 1. The highest BCUT2D eigenvalue weighted by molar-refractivity contribution is 6.02. The molecule has 4 rings (SSSR count). The van der Waals surface area contributed by atoms with E-state index in [-0.39, 0.29) is 23.2 Å². The number of hydrogen-bond donors (Lipinski definition) is 0. The van der Waals surface area contributed by atoms with Gasteiger partial charge in [-0.2, -0.15) is 5.26 Å². The Labute approximate surface area is 153 Å². The minimum atomic E-state index is -0.403. The maximum absolute atomic E-state index is 12.7. The van der Waals surface area contributed by atoms with E-state index in [2.05, 4.69) is 18.0 Å². The minimum Gasteiger partial charge on any atom is -0.293 e. The number of rotatable bonds is 2. The normalized spacial score (nSPS) is 27.1. The van der Waals surface area contributed by atoms with Gasteiger partial charge in [0.1, 0.15) is 6.07 Å². The molecule has 26 heavy (non-hydrogen) atoms. The van der Waals surface area contributed by atoms with Crippen LogP contribution in [0.5, 0.6) is 0 Å². The van der Waals surface area contributed by atoms with E-state index < -0.39 is 5.41 Å². The van der Waals surface area contributed by atoms with Crippen molar-refractivity contribution in [1.82, 2.24) is 9.97 Å². The molecule has 1 aromatic carbocycles. The summed E-state index contributed by atoms with van der Waals surface area (Å²) in [5, 5.41) is 9.49. The molecular weight excluding hydrogens is 322 g/mol. The Balaban J connectivity index is 1.90. The van der Waals surface area contributed by atoms with E-state index in [0.717, 1.165) is 36.1 Å². The van der Waals surface area contributed by atoms with Crippen molar-refractivity contribution in [2.45, 2.75) is 38.5 Å². The first-order chi connectivity index (χ1) is 12.6. The topological polar surface area (TPSA) is 66.6 Å². The predicted molar refractivity (Wildman–Crippen MR) is 99.1 cm³/mol. The molecule has 0 unspecified atom stereocenters. The molecule has 1 aromatic heterocycles. The summed E-state index contributed by atoms with van der Waals surface area (Å²) in [5.41, 5.74) is 2.95. The van der Waals surface area contributed by atoms with Gasteiger partial charge in [0.2, 0.25) is 0 Å². The number of hydrogen-bond acceptors (Lipinski definition) is 4. The summed E-state index contributed by atoms with van der Waals surface area (Å²) in [7, 11) is 0. The molecule has 1 heterocycles. The van der Waals surface area contributed by atoms with Crippen LogP contribution in [-0.4, -0.2) is 15.8 Å². The summed E-state index contributed by atoms with van der Waals surface area (Å²) in [4.78, 5) is 22.1.